The Morgan fingerprint density at radius 2 is 1.49 bits per heavy atom. The van der Waals surface area contributed by atoms with Crippen LogP contribution < -0.4 is 5.32 Å². The molecule has 0 atom stereocenters. The van der Waals surface area contributed by atoms with Gasteiger partial charge in [0.1, 0.15) is 0 Å². The highest BCUT2D eigenvalue weighted by Gasteiger charge is 2.23. The van der Waals surface area contributed by atoms with E-state index in [1.165, 1.54) is 0 Å². The van der Waals surface area contributed by atoms with Crippen LogP contribution in [0.1, 0.15) is 26.7 Å². The van der Waals surface area contributed by atoms with Crippen molar-refractivity contribution in [3.05, 3.63) is 40.8 Å². The first-order valence-corrected chi connectivity index (χ1v) is 13.3. The fraction of sp³-hybridized carbons (Fsp3) is 0.696. The van der Waals surface area contributed by atoms with Crippen molar-refractivity contribution < 1.29 is 32.2 Å². The minimum Gasteiger partial charge on any atom is -0.379 e. The smallest absolute Gasteiger partial charge is 0.222 e. The molecule has 0 aromatic heterocycles. The third-order valence-corrected chi connectivity index (χ3v) is 6.63. The number of sulfone groups is 1. The van der Waals surface area contributed by atoms with Gasteiger partial charge in [0.15, 0.2) is 9.84 Å². The van der Waals surface area contributed by atoms with Crippen molar-refractivity contribution >= 4 is 15.7 Å². The van der Waals surface area contributed by atoms with Gasteiger partial charge in [-0.2, -0.15) is 0 Å². The van der Waals surface area contributed by atoms with Gasteiger partial charge in [-0.1, -0.05) is 37.2 Å². The molecule has 1 rings (SSSR count). The van der Waals surface area contributed by atoms with Crippen molar-refractivity contribution in [3.8, 4) is 0 Å². The average Bonchev–Trinajstić information content (AvgIpc) is 2.85. The Balaban J connectivity index is 2.00. The Labute approximate surface area is 208 Å². The number of hydrogen-bond acceptors (Lipinski definition) is 8. The summed E-state index contributed by atoms with van der Waals surface area (Å²) in [5.41, 5.74) is 7.76. The van der Waals surface area contributed by atoms with Crippen LogP contribution in [0.3, 0.4) is 0 Å². The maximum atomic E-state index is 12.4. The zero-order valence-corrected chi connectivity index (χ0v) is 21.5. The quantitative estimate of drug-likeness (QED) is 0.115. The van der Waals surface area contributed by atoms with Gasteiger partial charge in [0.2, 0.25) is 5.91 Å². The minimum atomic E-state index is -3.34. The molecular formula is C23H38N4O7S. The number of carbonyl (C=O) groups is 1. The van der Waals surface area contributed by atoms with Crippen molar-refractivity contribution in [1.29, 1.82) is 0 Å². The Bertz CT molecular complexity index is 860. The summed E-state index contributed by atoms with van der Waals surface area (Å²) in [6.45, 7) is 7.71. The van der Waals surface area contributed by atoms with Crippen molar-refractivity contribution in [1.82, 2.24) is 5.32 Å². The van der Waals surface area contributed by atoms with Crippen LogP contribution in [-0.4, -0.2) is 86.0 Å². The summed E-state index contributed by atoms with van der Waals surface area (Å²) in [4.78, 5) is 15.0. The van der Waals surface area contributed by atoms with Crippen LogP contribution in [0.5, 0.6) is 0 Å². The molecule has 198 valence electrons. The minimum absolute atomic E-state index is 0.0285. The summed E-state index contributed by atoms with van der Waals surface area (Å²) in [5, 5.41) is 6.21. The highest BCUT2D eigenvalue weighted by molar-refractivity contribution is 7.91. The Hall–Kier alpha value is -2.21. The number of carbonyl (C=O) groups excluding carboxylic acids is 1. The lowest BCUT2D eigenvalue weighted by molar-refractivity contribution is -0.122. The van der Waals surface area contributed by atoms with Gasteiger partial charge >= 0.3 is 0 Å². The van der Waals surface area contributed by atoms with Crippen LogP contribution in [-0.2, 0) is 33.6 Å². The van der Waals surface area contributed by atoms with Crippen molar-refractivity contribution in [2.75, 3.05) is 71.7 Å². The van der Waals surface area contributed by atoms with Crippen LogP contribution >= 0.6 is 0 Å². The summed E-state index contributed by atoms with van der Waals surface area (Å²) in [6.07, 6.45) is 0.660. The van der Waals surface area contributed by atoms with E-state index in [0.717, 1.165) is 0 Å². The van der Waals surface area contributed by atoms with Gasteiger partial charge in [0.25, 0.3) is 0 Å². The van der Waals surface area contributed by atoms with E-state index in [0.29, 0.717) is 70.7 Å². The molecule has 0 saturated carbocycles. The lowest BCUT2D eigenvalue weighted by Gasteiger charge is -2.25. The van der Waals surface area contributed by atoms with Crippen LogP contribution in [0.25, 0.3) is 10.4 Å². The molecule has 0 aliphatic heterocycles. The molecular weight excluding hydrogens is 476 g/mol. The van der Waals surface area contributed by atoms with Crippen LogP contribution in [0.2, 0.25) is 0 Å². The van der Waals surface area contributed by atoms with E-state index >= 15 is 0 Å². The van der Waals surface area contributed by atoms with E-state index in [-0.39, 0.29) is 30.1 Å². The third-order valence-electron chi connectivity index (χ3n) is 4.90. The predicted octanol–water partition coefficient (Wildman–Crippen LogP) is 2.76. The largest absolute Gasteiger partial charge is 0.379 e. The standard InChI is InChI=1S/C23H38N4O7S/c1-23(2,9-19-35(29,30)21-6-4-3-5-7-21)20-25-22(28)8-11-31-13-15-33-17-18-34-16-14-32-12-10-26-27-24/h3-7H,8-20H2,1-2H3,(H,25,28). The van der Waals surface area contributed by atoms with E-state index in [4.69, 9.17) is 24.5 Å². The van der Waals surface area contributed by atoms with Crippen LogP contribution in [0, 0.1) is 5.41 Å². The fourth-order valence-corrected chi connectivity index (χ4v) is 4.38. The third kappa shape index (κ3) is 16.2. The number of hydrogen-bond donors (Lipinski definition) is 1. The molecule has 0 fully saturated rings. The summed E-state index contributed by atoms with van der Waals surface area (Å²) in [6, 6.07) is 8.39. The molecule has 0 spiro atoms. The monoisotopic (exact) mass is 514 g/mol. The van der Waals surface area contributed by atoms with Gasteiger partial charge < -0.3 is 24.3 Å². The highest BCUT2D eigenvalue weighted by atomic mass is 32.2. The number of nitrogens with one attached hydrogen (secondary N) is 1. The van der Waals surface area contributed by atoms with Gasteiger partial charge in [-0.15, -0.1) is 0 Å². The maximum Gasteiger partial charge on any atom is 0.222 e. The second-order valence-corrected chi connectivity index (χ2v) is 10.6. The highest BCUT2D eigenvalue weighted by Crippen LogP contribution is 2.22. The molecule has 1 aromatic carbocycles. The second-order valence-electron chi connectivity index (χ2n) is 8.48. The molecule has 35 heavy (non-hydrogen) atoms. The van der Waals surface area contributed by atoms with Gasteiger partial charge in [0.05, 0.1) is 63.5 Å². The maximum absolute atomic E-state index is 12.4. The molecule has 0 aliphatic rings. The molecule has 1 N–H and O–H groups in total. The van der Waals surface area contributed by atoms with Crippen LogP contribution in [0.4, 0.5) is 0 Å². The molecule has 0 aliphatic carbocycles. The zero-order valence-electron chi connectivity index (χ0n) is 20.7. The van der Waals surface area contributed by atoms with E-state index in [2.05, 4.69) is 15.3 Å². The molecule has 0 bridgehead atoms. The van der Waals surface area contributed by atoms with E-state index in [1.54, 1.807) is 30.3 Å². The Kier molecular flexibility index (Phi) is 16.0. The number of amides is 1. The van der Waals surface area contributed by atoms with Crippen LogP contribution in [0.15, 0.2) is 40.3 Å². The molecule has 1 amide bonds. The van der Waals surface area contributed by atoms with Gasteiger partial charge in [0, 0.05) is 24.4 Å². The Morgan fingerprint density at radius 1 is 0.943 bits per heavy atom. The van der Waals surface area contributed by atoms with Crippen molar-refractivity contribution in [2.24, 2.45) is 10.5 Å². The van der Waals surface area contributed by atoms with Crippen molar-refractivity contribution in [2.45, 2.75) is 31.6 Å². The molecule has 0 heterocycles. The summed E-state index contributed by atoms with van der Waals surface area (Å²) in [7, 11) is -3.34. The first-order chi connectivity index (χ1) is 16.8. The number of ether oxygens (including phenoxy) is 4. The number of benzene rings is 1. The van der Waals surface area contributed by atoms with E-state index in [9.17, 15) is 13.2 Å². The molecule has 12 heteroatoms. The van der Waals surface area contributed by atoms with Crippen molar-refractivity contribution in [3.63, 3.8) is 0 Å². The average molecular weight is 515 g/mol. The van der Waals surface area contributed by atoms with E-state index < -0.39 is 9.84 Å². The summed E-state index contributed by atoms with van der Waals surface area (Å²) >= 11 is 0. The molecule has 0 radical (unpaired) electrons. The molecule has 0 saturated heterocycles. The number of nitrogens with zero attached hydrogens (tertiary/aromatic N) is 3. The van der Waals surface area contributed by atoms with Gasteiger partial charge in [-0.25, -0.2) is 8.42 Å². The normalized spacial score (nSPS) is 11.7. The molecule has 11 nitrogen and oxygen atoms in total. The summed E-state index contributed by atoms with van der Waals surface area (Å²) in [5.74, 6) is -0.110. The Morgan fingerprint density at radius 3 is 2.06 bits per heavy atom. The molecule has 1 aromatic rings. The summed E-state index contributed by atoms with van der Waals surface area (Å²) < 4.78 is 46.2. The zero-order chi connectivity index (χ0) is 25.8. The second kappa shape index (κ2) is 18.1. The topological polar surface area (TPSA) is 149 Å². The lowest BCUT2D eigenvalue weighted by Crippen LogP contribution is -2.35. The van der Waals surface area contributed by atoms with Gasteiger partial charge in [-0.05, 0) is 29.5 Å². The SMILES string of the molecule is CC(C)(CCS(=O)(=O)c1ccccc1)CNC(=O)CCOCCOCCOCCOCCN=[N+]=[N-]. The van der Waals surface area contributed by atoms with Gasteiger partial charge in [-0.3, -0.25) is 4.79 Å². The number of rotatable bonds is 21. The molecule has 0 unspecified atom stereocenters. The predicted molar refractivity (Wildman–Crippen MR) is 132 cm³/mol. The first kappa shape index (κ1) is 30.8. The fourth-order valence-electron chi connectivity index (χ4n) is 2.75. The van der Waals surface area contributed by atoms with E-state index in [1.807, 2.05) is 13.8 Å². The lowest BCUT2D eigenvalue weighted by atomic mass is 9.90. The number of azide groups is 1. The first-order valence-electron chi connectivity index (χ1n) is 11.6.